The molecule has 2 saturated carbocycles. The van der Waals surface area contributed by atoms with Gasteiger partial charge in [0.2, 0.25) is 5.91 Å². The lowest BCUT2D eigenvalue weighted by Crippen LogP contribution is -2.40. The molecule has 0 atom stereocenters. The number of nitrogens with one attached hydrogen (secondary N) is 1. The molecule has 0 aliphatic heterocycles. The number of carbonyl (C=O) groups is 1. The fourth-order valence-electron chi connectivity index (χ4n) is 2.54. The monoisotopic (exact) mass is 265 g/mol. The van der Waals surface area contributed by atoms with E-state index in [0.717, 1.165) is 23.7 Å². The molecule has 2 aliphatic rings. The summed E-state index contributed by atoms with van der Waals surface area (Å²) < 4.78 is 0. The molecule has 2 aliphatic carbocycles. The van der Waals surface area contributed by atoms with E-state index >= 15 is 0 Å². The van der Waals surface area contributed by atoms with Crippen LogP contribution < -0.4 is 11.1 Å². The zero-order valence-electron chi connectivity index (χ0n) is 10.4. The predicted molar refractivity (Wildman–Crippen MR) is 72.7 cm³/mol. The summed E-state index contributed by atoms with van der Waals surface area (Å²) in [6, 6.07) is 0. The van der Waals surface area contributed by atoms with Crippen molar-refractivity contribution in [3.05, 3.63) is 11.1 Å². The summed E-state index contributed by atoms with van der Waals surface area (Å²) in [6.45, 7) is 0.617. The predicted octanol–water partition coefficient (Wildman–Crippen LogP) is 2.48. The van der Waals surface area contributed by atoms with E-state index in [4.69, 9.17) is 5.73 Å². The van der Waals surface area contributed by atoms with Crippen LogP contribution in [0.3, 0.4) is 0 Å². The molecule has 1 aromatic heterocycles. The van der Waals surface area contributed by atoms with Gasteiger partial charge in [-0.3, -0.25) is 4.79 Å². The van der Waals surface area contributed by atoms with Gasteiger partial charge in [-0.25, -0.2) is 4.98 Å². The first-order valence-electron chi connectivity index (χ1n) is 6.66. The molecule has 0 unspecified atom stereocenters. The van der Waals surface area contributed by atoms with Crippen LogP contribution in [0, 0.1) is 5.41 Å². The normalized spacial score (nSPS) is 21.4. The van der Waals surface area contributed by atoms with E-state index in [1.54, 1.807) is 0 Å². The first-order valence-corrected chi connectivity index (χ1v) is 7.54. The summed E-state index contributed by atoms with van der Waals surface area (Å²) in [5.41, 5.74) is 6.99. The minimum absolute atomic E-state index is 0.0665. The van der Waals surface area contributed by atoms with Crippen LogP contribution in [0.4, 0.5) is 5.13 Å². The van der Waals surface area contributed by atoms with E-state index in [9.17, 15) is 4.79 Å². The number of nitrogens with zero attached hydrogens (tertiary/aromatic N) is 1. The first-order chi connectivity index (χ1) is 8.71. The molecule has 98 valence electrons. The van der Waals surface area contributed by atoms with Crippen LogP contribution in [0.5, 0.6) is 0 Å². The van der Waals surface area contributed by atoms with Crippen LogP contribution in [-0.2, 0) is 4.79 Å². The summed E-state index contributed by atoms with van der Waals surface area (Å²) in [7, 11) is 0. The maximum Gasteiger partial charge on any atom is 0.226 e. The highest BCUT2D eigenvalue weighted by atomic mass is 32.1. The third-order valence-electron chi connectivity index (χ3n) is 4.15. The van der Waals surface area contributed by atoms with Gasteiger partial charge >= 0.3 is 0 Å². The third-order valence-corrected chi connectivity index (χ3v) is 4.92. The Labute approximate surface area is 111 Å². The number of aromatic nitrogens is 1. The minimum atomic E-state index is 0.0665. The van der Waals surface area contributed by atoms with Crippen LogP contribution in [0.2, 0.25) is 0 Å². The summed E-state index contributed by atoms with van der Waals surface area (Å²) in [6.07, 6.45) is 6.40. The van der Waals surface area contributed by atoms with Crippen LogP contribution in [0.15, 0.2) is 5.38 Å². The lowest BCUT2D eigenvalue weighted by molar-refractivity contribution is -0.119. The second-order valence-corrected chi connectivity index (χ2v) is 6.49. The Morgan fingerprint density at radius 1 is 1.56 bits per heavy atom. The van der Waals surface area contributed by atoms with Gasteiger partial charge in [-0.2, -0.15) is 0 Å². The summed E-state index contributed by atoms with van der Waals surface area (Å²) in [5.74, 6) is 0.714. The first kappa shape index (κ1) is 12.1. The molecule has 1 aromatic rings. The Morgan fingerprint density at radius 2 is 2.33 bits per heavy atom. The topological polar surface area (TPSA) is 68.0 Å². The SMILES string of the molecule is NCC1(CC(=O)Nc2nc(C3CC3)cs2)CCC1. The Kier molecular flexibility index (Phi) is 3.11. The van der Waals surface area contributed by atoms with Crippen LogP contribution in [0.25, 0.3) is 0 Å². The van der Waals surface area contributed by atoms with Crippen LogP contribution in [0.1, 0.15) is 50.1 Å². The Balaban J connectivity index is 1.56. The van der Waals surface area contributed by atoms with Crippen LogP contribution in [-0.4, -0.2) is 17.4 Å². The molecule has 3 rings (SSSR count). The van der Waals surface area contributed by atoms with Gasteiger partial charge in [0.15, 0.2) is 5.13 Å². The van der Waals surface area contributed by atoms with Crippen molar-refractivity contribution in [2.24, 2.45) is 11.1 Å². The highest BCUT2D eigenvalue weighted by Gasteiger charge is 2.37. The number of rotatable bonds is 5. The number of nitrogens with two attached hydrogens (primary N) is 1. The minimum Gasteiger partial charge on any atom is -0.330 e. The molecule has 18 heavy (non-hydrogen) atoms. The molecule has 3 N–H and O–H groups in total. The van der Waals surface area contributed by atoms with Crippen molar-refractivity contribution in [1.82, 2.24) is 4.98 Å². The Hall–Kier alpha value is -0.940. The zero-order chi connectivity index (χ0) is 12.6. The highest BCUT2D eigenvalue weighted by molar-refractivity contribution is 7.13. The molecule has 5 heteroatoms. The molecule has 1 amide bonds. The van der Waals surface area contributed by atoms with Gasteiger partial charge in [-0.05, 0) is 37.6 Å². The van der Waals surface area contributed by atoms with Gasteiger partial charge in [-0.15, -0.1) is 11.3 Å². The van der Waals surface area contributed by atoms with Crippen molar-refractivity contribution in [2.45, 2.75) is 44.4 Å². The lowest BCUT2D eigenvalue weighted by atomic mass is 9.66. The van der Waals surface area contributed by atoms with Gasteiger partial charge in [0.1, 0.15) is 0 Å². The van der Waals surface area contributed by atoms with E-state index in [1.165, 1.54) is 30.6 Å². The fraction of sp³-hybridized carbons (Fsp3) is 0.692. The summed E-state index contributed by atoms with van der Waals surface area (Å²) in [5, 5.41) is 5.72. The van der Waals surface area contributed by atoms with Crippen molar-refractivity contribution < 1.29 is 4.79 Å². The summed E-state index contributed by atoms with van der Waals surface area (Å²) in [4.78, 5) is 16.4. The van der Waals surface area contributed by atoms with Crippen molar-refractivity contribution in [3.63, 3.8) is 0 Å². The zero-order valence-corrected chi connectivity index (χ0v) is 11.3. The molecule has 0 aromatic carbocycles. The maximum absolute atomic E-state index is 12.0. The molecule has 1 heterocycles. The van der Waals surface area contributed by atoms with E-state index in [-0.39, 0.29) is 11.3 Å². The fourth-order valence-corrected chi connectivity index (χ4v) is 3.35. The average molecular weight is 265 g/mol. The molecule has 4 nitrogen and oxygen atoms in total. The summed E-state index contributed by atoms with van der Waals surface area (Å²) >= 11 is 1.53. The number of hydrogen-bond donors (Lipinski definition) is 2. The number of amides is 1. The van der Waals surface area contributed by atoms with E-state index in [1.807, 2.05) is 0 Å². The largest absolute Gasteiger partial charge is 0.330 e. The molecule has 2 fully saturated rings. The molecule has 0 bridgehead atoms. The van der Waals surface area contributed by atoms with Gasteiger partial charge in [0, 0.05) is 17.7 Å². The van der Waals surface area contributed by atoms with Crippen molar-refractivity contribution in [3.8, 4) is 0 Å². The smallest absolute Gasteiger partial charge is 0.226 e. The van der Waals surface area contributed by atoms with Crippen LogP contribution >= 0.6 is 11.3 Å². The molecule has 0 spiro atoms. The van der Waals surface area contributed by atoms with E-state index in [0.29, 0.717) is 18.9 Å². The van der Waals surface area contributed by atoms with E-state index in [2.05, 4.69) is 15.7 Å². The van der Waals surface area contributed by atoms with Gasteiger partial charge in [0.25, 0.3) is 0 Å². The number of thiazole rings is 1. The average Bonchev–Trinajstić information content (AvgIpc) is 3.06. The maximum atomic E-state index is 12.0. The second-order valence-electron chi connectivity index (χ2n) is 5.63. The van der Waals surface area contributed by atoms with Crippen molar-refractivity contribution in [1.29, 1.82) is 0 Å². The Bertz CT molecular complexity index is 443. The number of anilines is 1. The number of hydrogen-bond acceptors (Lipinski definition) is 4. The molecular formula is C13H19N3OS. The standard InChI is InChI=1S/C13H19N3OS/c14-8-13(4-1-5-13)6-11(17)16-12-15-10(7-18-12)9-2-3-9/h7,9H,1-6,8,14H2,(H,15,16,17). The lowest BCUT2D eigenvalue weighted by Gasteiger charge is -2.40. The van der Waals surface area contributed by atoms with Gasteiger partial charge < -0.3 is 11.1 Å². The third kappa shape index (κ3) is 2.42. The Morgan fingerprint density at radius 3 is 2.89 bits per heavy atom. The molecular weight excluding hydrogens is 246 g/mol. The number of carbonyl (C=O) groups excluding carboxylic acids is 1. The second kappa shape index (κ2) is 4.63. The van der Waals surface area contributed by atoms with Gasteiger partial charge in [0.05, 0.1) is 5.69 Å². The van der Waals surface area contributed by atoms with Crippen molar-refractivity contribution >= 4 is 22.4 Å². The highest BCUT2D eigenvalue weighted by Crippen LogP contribution is 2.43. The van der Waals surface area contributed by atoms with Crippen molar-refractivity contribution in [2.75, 3.05) is 11.9 Å². The van der Waals surface area contributed by atoms with Gasteiger partial charge in [-0.1, -0.05) is 6.42 Å². The quantitative estimate of drug-likeness (QED) is 0.859. The molecule has 0 saturated heterocycles. The van der Waals surface area contributed by atoms with E-state index < -0.39 is 0 Å². The molecule has 0 radical (unpaired) electrons.